The van der Waals surface area contributed by atoms with Gasteiger partial charge in [-0.05, 0) is 30.5 Å². The predicted octanol–water partition coefficient (Wildman–Crippen LogP) is 2.68. The molecular formula is C21H25F3N6O3. The summed E-state index contributed by atoms with van der Waals surface area (Å²) in [6.07, 6.45) is -3.91. The Morgan fingerprint density at radius 2 is 1.70 bits per heavy atom. The van der Waals surface area contributed by atoms with Crippen LogP contribution in [0.25, 0.3) is 11.2 Å². The zero-order chi connectivity index (χ0) is 24.7. The molecule has 0 aliphatic rings. The van der Waals surface area contributed by atoms with Gasteiger partial charge >= 0.3 is 17.8 Å². The lowest BCUT2D eigenvalue weighted by Crippen LogP contribution is -2.46. The first-order chi connectivity index (χ1) is 15.4. The van der Waals surface area contributed by atoms with Gasteiger partial charge in [0.15, 0.2) is 11.1 Å². The van der Waals surface area contributed by atoms with Crippen molar-refractivity contribution in [2.24, 2.45) is 14.1 Å². The van der Waals surface area contributed by atoms with Gasteiger partial charge in [0.2, 0.25) is 5.95 Å². The molecule has 12 heteroatoms. The summed E-state index contributed by atoms with van der Waals surface area (Å²) in [5, 5.41) is 21.3. The molecule has 0 bridgehead atoms. The van der Waals surface area contributed by atoms with E-state index in [1.807, 2.05) is 0 Å². The molecule has 3 N–H and O–H groups in total. The lowest BCUT2D eigenvalue weighted by atomic mass is 9.93. The van der Waals surface area contributed by atoms with Crippen LogP contribution in [0.15, 0.2) is 29.1 Å². The zero-order valence-corrected chi connectivity index (χ0v) is 18.6. The molecule has 0 aliphatic heterocycles. The first kappa shape index (κ1) is 24.1. The highest BCUT2D eigenvalue weighted by molar-refractivity contribution is 5.83. The van der Waals surface area contributed by atoms with Crippen LogP contribution in [0.3, 0.4) is 0 Å². The highest BCUT2D eigenvalue weighted by atomic mass is 19.4. The van der Waals surface area contributed by atoms with Crippen LogP contribution in [0.1, 0.15) is 37.8 Å². The fourth-order valence-corrected chi connectivity index (χ4v) is 3.71. The van der Waals surface area contributed by atoms with Gasteiger partial charge < -0.3 is 15.0 Å². The minimum Gasteiger partial charge on any atom is -0.480 e. The molecule has 0 amide bonds. The van der Waals surface area contributed by atoms with E-state index in [9.17, 15) is 27.9 Å². The highest BCUT2D eigenvalue weighted by Gasteiger charge is 2.36. The molecule has 178 valence electrons. The number of rotatable bonds is 7. The molecule has 9 nitrogen and oxygen atoms in total. The largest absolute Gasteiger partial charge is 0.480 e. The number of anilines is 1. The van der Waals surface area contributed by atoms with Crippen molar-refractivity contribution in [2.75, 3.05) is 5.32 Å². The second-order valence-corrected chi connectivity index (χ2v) is 7.86. The Balaban J connectivity index is 2.11. The minimum absolute atomic E-state index is 0.115. The fraction of sp³-hybridized carbons (Fsp3) is 0.429. The maximum atomic E-state index is 12.9. The van der Waals surface area contributed by atoms with E-state index < -0.39 is 28.9 Å². The number of carboxylic acids is 1. The fourth-order valence-electron chi connectivity index (χ4n) is 3.71. The number of halogens is 3. The highest BCUT2D eigenvalue weighted by Crippen LogP contribution is 2.29. The molecule has 0 saturated carbocycles. The van der Waals surface area contributed by atoms with Crippen molar-refractivity contribution in [2.45, 2.75) is 44.9 Å². The summed E-state index contributed by atoms with van der Waals surface area (Å²) in [6.45, 7) is 3.35. The van der Waals surface area contributed by atoms with Crippen molar-refractivity contribution in [3.05, 3.63) is 51.4 Å². The summed E-state index contributed by atoms with van der Waals surface area (Å²) < 4.78 is 42.3. The number of carboxylic acid groups (broad SMARTS) is 1. The molecule has 1 aromatic carbocycles. The molecule has 0 spiro atoms. The van der Waals surface area contributed by atoms with Crippen LogP contribution in [0, 0.1) is 5.41 Å². The molecule has 0 fully saturated rings. The number of fused-ring (bicyclic) bond motifs is 1. The van der Waals surface area contributed by atoms with Crippen LogP contribution in [-0.2, 0) is 31.6 Å². The summed E-state index contributed by atoms with van der Waals surface area (Å²) in [7, 11) is 3.06. The van der Waals surface area contributed by atoms with Crippen LogP contribution in [0.2, 0.25) is 0 Å². The van der Waals surface area contributed by atoms with E-state index in [0.29, 0.717) is 5.56 Å². The average molecular weight is 466 g/mol. The average Bonchev–Trinajstić information content (AvgIpc) is 3.09. The lowest BCUT2D eigenvalue weighted by molar-refractivity contribution is -0.142. The molecule has 0 atom stereocenters. The number of carbonyl (C=O) groups is 1. The van der Waals surface area contributed by atoms with E-state index in [0.717, 1.165) is 16.7 Å². The van der Waals surface area contributed by atoms with Crippen LogP contribution in [0.5, 0.6) is 0 Å². The molecule has 0 unspecified atom stereocenters. The van der Waals surface area contributed by atoms with Gasteiger partial charge in [0.05, 0.1) is 12.1 Å². The maximum Gasteiger partial charge on any atom is 0.416 e. The smallest absolute Gasteiger partial charge is 0.416 e. The van der Waals surface area contributed by atoms with Crippen molar-refractivity contribution >= 4 is 23.1 Å². The first-order valence-corrected chi connectivity index (χ1v) is 10.2. The monoisotopic (exact) mass is 466 g/mol. The molecule has 0 saturated heterocycles. The van der Waals surface area contributed by atoms with Gasteiger partial charge in [0.1, 0.15) is 11.1 Å². The molecule has 2 heterocycles. The number of nitrogens with zero attached hydrogens (tertiary/aromatic N) is 4. The molecular weight excluding hydrogens is 441 g/mol. The van der Waals surface area contributed by atoms with E-state index in [2.05, 4.69) is 10.3 Å². The van der Waals surface area contributed by atoms with Gasteiger partial charge in [0.25, 0.3) is 0 Å². The van der Waals surface area contributed by atoms with Crippen LogP contribution in [-0.4, -0.2) is 35.3 Å². The Morgan fingerprint density at radius 3 is 2.18 bits per heavy atom. The van der Waals surface area contributed by atoms with Crippen molar-refractivity contribution in [1.82, 2.24) is 18.7 Å². The standard InChI is InChI=1S/C21H25F3N6O3/c1-5-20(6-2,17(31)32)27-18-26-16-14(28(18)3)15(25)30(19(33)29(16)4)11-12-7-9-13(10-8-12)21(22,23)24/h7-10,25H,5-6,11H2,1-4H3,(H,26,27)(H,31,32). The number of alkyl halides is 3. The molecule has 3 rings (SSSR count). The number of hydrogen-bond donors (Lipinski definition) is 3. The quantitative estimate of drug-likeness (QED) is 0.495. The van der Waals surface area contributed by atoms with Crippen LogP contribution in [0.4, 0.5) is 19.1 Å². The number of aliphatic carboxylic acids is 1. The normalized spacial score (nSPS) is 12.3. The number of hydrogen-bond acceptors (Lipinski definition) is 5. The molecule has 3 aromatic rings. The summed E-state index contributed by atoms with van der Waals surface area (Å²) in [6, 6.07) is 4.38. The number of benzene rings is 1. The number of aryl methyl sites for hydroxylation is 2. The molecule has 33 heavy (non-hydrogen) atoms. The Bertz CT molecular complexity index is 1310. The Kier molecular flexibility index (Phi) is 6.14. The Labute approximate surface area is 186 Å². The topological polar surface area (TPSA) is 118 Å². The Morgan fingerprint density at radius 1 is 1.12 bits per heavy atom. The number of aromatic nitrogens is 4. The van der Waals surface area contributed by atoms with Crippen LogP contribution < -0.4 is 16.5 Å². The van der Waals surface area contributed by atoms with Gasteiger partial charge in [-0.2, -0.15) is 18.2 Å². The molecule has 2 aromatic heterocycles. The number of imidazole rings is 1. The summed E-state index contributed by atoms with van der Waals surface area (Å²) in [5.74, 6) is -0.858. The van der Waals surface area contributed by atoms with E-state index in [1.54, 1.807) is 20.9 Å². The van der Waals surface area contributed by atoms with E-state index in [-0.39, 0.29) is 42.0 Å². The SMILES string of the molecule is CCC(CC)(Nc1nc2c(c(=N)n(Cc3ccc(C(F)(F)F)cc3)c(=O)n2C)n1C)C(=O)O. The Hall–Kier alpha value is -3.57. The van der Waals surface area contributed by atoms with E-state index in [1.165, 1.54) is 28.3 Å². The second-order valence-electron chi connectivity index (χ2n) is 7.86. The zero-order valence-electron chi connectivity index (χ0n) is 18.6. The van der Waals surface area contributed by atoms with Crippen LogP contribution >= 0.6 is 0 Å². The van der Waals surface area contributed by atoms with Gasteiger partial charge in [-0.1, -0.05) is 26.0 Å². The molecule has 0 radical (unpaired) electrons. The van der Waals surface area contributed by atoms with Crippen molar-refractivity contribution in [1.29, 1.82) is 5.41 Å². The van der Waals surface area contributed by atoms with Gasteiger partial charge in [0, 0.05) is 14.1 Å². The van der Waals surface area contributed by atoms with Gasteiger partial charge in [-0.3, -0.25) is 14.5 Å². The summed E-state index contributed by atoms with van der Waals surface area (Å²) in [4.78, 5) is 29.2. The van der Waals surface area contributed by atoms with Gasteiger partial charge in [-0.25, -0.2) is 9.59 Å². The van der Waals surface area contributed by atoms with Crippen molar-refractivity contribution in [3.8, 4) is 0 Å². The predicted molar refractivity (Wildman–Crippen MR) is 115 cm³/mol. The molecule has 0 aliphatic carbocycles. The summed E-state index contributed by atoms with van der Waals surface area (Å²) >= 11 is 0. The van der Waals surface area contributed by atoms with Gasteiger partial charge in [-0.15, -0.1) is 0 Å². The number of nitrogens with one attached hydrogen (secondary N) is 2. The second kappa shape index (κ2) is 8.41. The minimum atomic E-state index is -4.47. The van der Waals surface area contributed by atoms with Crippen molar-refractivity contribution in [3.63, 3.8) is 0 Å². The third-order valence-electron chi connectivity index (χ3n) is 6.00. The lowest BCUT2D eigenvalue weighted by Gasteiger charge is -2.28. The van der Waals surface area contributed by atoms with E-state index >= 15 is 0 Å². The maximum absolute atomic E-state index is 12.9. The summed E-state index contributed by atoms with van der Waals surface area (Å²) in [5.41, 5.74) is -1.96. The third kappa shape index (κ3) is 4.12. The van der Waals surface area contributed by atoms with E-state index in [4.69, 9.17) is 5.41 Å². The third-order valence-corrected chi connectivity index (χ3v) is 6.00. The first-order valence-electron chi connectivity index (χ1n) is 10.2. The van der Waals surface area contributed by atoms with Crippen molar-refractivity contribution < 1.29 is 23.1 Å².